The Morgan fingerprint density at radius 2 is 1.76 bits per heavy atom. The lowest BCUT2D eigenvalue weighted by molar-refractivity contribution is 0.0991. The Bertz CT molecular complexity index is 944. The van der Waals surface area contributed by atoms with Crippen LogP contribution in [0.15, 0.2) is 36.7 Å². The number of nitrogens with zero attached hydrogens (tertiary/aromatic N) is 3. The number of carbonyl (C=O) groups excluding carboxylic acids is 3. The molecule has 1 aromatic heterocycles. The third-order valence-electron chi connectivity index (χ3n) is 4.54. The molecule has 1 saturated heterocycles. The van der Waals surface area contributed by atoms with Crippen molar-refractivity contribution in [2.45, 2.75) is 6.54 Å². The molecule has 0 bridgehead atoms. The van der Waals surface area contributed by atoms with Crippen LogP contribution in [0.5, 0.6) is 5.75 Å². The van der Waals surface area contributed by atoms with Gasteiger partial charge in [-0.05, 0) is 23.8 Å². The lowest BCUT2D eigenvalue weighted by Gasteiger charge is -2.34. The summed E-state index contributed by atoms with van der Waals surface area (Å²) in [5.74, 6) is -1.06. The van der Waals surface area contributed by atoms with Crippen LogP contribution < -0.4 is 16.2 Å². The van der Waals surface area contributed by atoms with Crippen LogP contribution >= 0.6 is 11.6 Å². The summed E-state index contributed by atoms with van der Waals surface area (Å²) in [6.07, 6.45) is 2.13. The molecule has 9 nitrogen and oxygen atoms in total. The number of amides is 3. The SMILES string of the molecule is NC(=O)c1cncc(OC(=O)N2CCN(Cc3ccc(Cl)c(C(N)=O)c3)CC2)c1. The Balaban J connectivity index is 1.54. The van der Waals surface area contributed by atoms with Gasteiger partial charge in [0.05, 0.1) is 22.3 Å². The van der Waals surface area contributed by atoms with E-state index >= 15 is 0 Å². The maximum atomic E-state index is 12.3. The predicted molar refractivity (Wildman–Crippen MR) is 106 cm³/mol. The van der Waals surface area contributed by atoms with Gasteiger partial charge in [0.15, 0.2) is 5.75 Å². The first-order valence-corrected chi connectivity index (χ1v) is 9.23. The van der Waals surface area contributed by atoms with Crippen molar-refractivity contribution in [2.24, 2.45) is 11.5 Å². The molecule has 0 atom stereocenters. The van der Waals surface area contributed by atoms with Crippen molar-refractivity contribution in [3.63, 3.8) is 0 Å². The smallest absolute Gasteiger partial charge is 0.409 e. The number of piperazine rings is 1. The van der Waals surface area contributed by atoms with Gasteiger partial charge in [0.25, 0.3) is 0 Å². The van der Waals surface area contributed by atoms with Crippen LogP contribution in [0.1, 0.15) is 26.3 Å². The summed E-state index contributed by atoms with van der Waals surface area (Å²) in [6, 6.07) is 6.55. The highest BCUT2D eigenvalue weighted by Gasteiger charge is 2.23. The van der Waals surface area contributed by atoms with E-state index < -0.39 is 17.9 Å². The van der Waals surface area contributed by atoms with Gasteiger partial charge in [-0.3, -0.25) is 19.5 Å². The molecule has 1 aliphatic heterocycles. The lowest BCUT2D eigenvalue weighted by Crippen LogP contribution is -2.49. The van der Waals surface area contributed by atoms with Gasteiger partial charge in [-0.15, -0.1) is 0 Å². The monoisotopic (exact) mass is 417 g/mol. The predicted octanol–water partition coefficient (Wildman–Crippen LogP) is 1.25. The summed E-state index contributed by atoms with van der Waals surface area (Å²) in [6.45, 7) is 2.80. The molecule has 0 spiro atoms. The highest BCUT2D eigenvalue weighted by molar-refractivity contribution is 6.33. The summed E-state index contributed by atoms with van der Waals surface area (Å²) < 4.78 is 5.29. The van der Waals surface area contributed by atoms with Crippen LogP contribution in [0, 0.1) is 0 Å². The molecule has 2 aromatic rings. The Kier molecular flexibility index (Phi) is 6.30. The molecular formula is C19H20ClN5O4. The number of aromatic nitrogens is 1. The second-order valence-electron chi connectivity index (χ2n) is 6.58. The number of pyridine rings is 1. The zero-order valence-corrected chi connectivity index (χ0v) is 16.3. The highest BCUT2D eigenvalue weighted by atomic mass is 35.5. The maximum absolute atomic E-state index is 12.3. The summed E-state index contributed by atoms with van der Waals surface area (Å²) >= 11 is 5.98. The van der Waals surface area contributed by atoms with E-state index in [1.807, 2.05) is 6.07 Å². The van der Waals surface area contributed by atoms with Crippen LogP contribution in [-0.2, 0) is 6.54 Å². The molecule has 1 fully saturated rings. The van der Waals surface area contributed by atoms with Crippen molar-refractivity contribution in [3.05, 3.63) is 58.4 Å². The first-order valence-electron chi connectivity index (χ1n) is 8.85. The molecule has 1 aliphatic rings. The molecule has 152 valence electrons. The van der Waals surface area contributed by atoms with Crippen LogP contribution in [0.2, 0.25) is 5.02 Å². The van der Waals surface area contributed by atoms with E-state index in [1.165, 1.54) is 18.5 Å². The standard InChI is InChI=1S/C19H20ClN5O4/c20-16-2-1-12(7-15(16)18(22)27)11-24-3-5-25(6-4-24)19(28)29-14-8-13(17(21)26)9-23-10-14/h1-2,7-10H,3-6,11H2,(H2,21,26)(H2,22,27). The molecule has 10 heteroatoms. The molecule has 2 heterocycles. The van der Waals surface area contributed by atoms with Crippen LogP contribution in [-0.4, -0.2) is 58.9 Å². The zero-order chi connectivity index (χ0) is 21.0. The van der Waals surface area contributed by atoms with Crippen molar-refractivity contribution in [1.29, 1.82) is 0 Å². The summed E-state index contributed by atoms with van der Waals surface area (Å²) in [5, 5.41) is 0.323. The molecule has 3 amide bonds. The highest BCUT2D eigenvalue weighted by Crippen LogP contribution is 2.19. The number of benzene rings is 1. The van der Waals surface area contributed by atoms with Gasteiger partial charge in [-0.25, -0.2) is 4.79 Å². The quantitative estimate of drug-likeness (QED) is 0.752. The Morgan fingerprint density at radius 3 is 2.41 bits per heavy atom. The van der Waals surface area contributed by atoms with Gasteiger partial charge in [0.1, 0.15) is 0 Å². The molecule has 0 saturated carbocycles. The molecule has 4 N–H and O–H groups in total. The van der Waals surface area contributed by atoms with E-state index in [9.17, 15) is 14.4 Å². The van der Waals surface area contributed by atoms with E-state index in [1.54, 1.807) is 17.0 Å². The normalized spacial score (nSPS) is 14.4. The molecule has 0 aliphatic carbocycles. The Labute approximate surface area is 172 Å². The van der Waals surface area contributed by atoms with Crippen molar-refractivity contribution in [1.82, 2.24) is 14.8 Å². The second-order valence-corrected chi connectivity index (χ2v) is 6.99. The van der Waals surface area contributed by atoms with Crippen LogP contribution in [0.3, 0.4) is 0 Å². The van der Waals surface area contributed by atoms with Gasteiger partial charge in [-0.1, -0.05) is 17.7 Å². The van der Waals surface area contributed by atoms with E-state index in [-0.39, 0.29) is 16.9 Å². The van der Waals surface area contributed by atoms with E-state index in [4.69, 9.17) is 27.8 Å². The zero-order valence-electron chi connectivity index (χ0n) is 15.5. The van der Waals surface area contributed by atoms with E-state index in [0.29, 0.717) is 37.7 Å². The van der Waals surface area contributed by atoms with Gasteiger partial charge < -0.3 is 21.1 Å². The summed E-state index contributed by atoms with van der Waals surface area (Å²) in [7, 11) is 0. The van der Waals surface area contributed by atoms with Crippen LogP contribution in [0.4, 0.5) is 4.79 Å². The number of nitrogens with two attached hydrogens (primary N) is 2. The number of hydrogen-bond donors (Lipinski definition) is 2. The number of carbonyl (C=O) groups is 3. The number of rotatable bonds is 5. The topological polar surface area (TPSA) is 132 Å². The third-order valence-corrected chi connectivity index (χ3v) is 4.87. The molecule has 29 heavy (non-hydrogen) atoms. The minimum absolute atomic E-state index is 0.161. The van der Waals surface area contributed by atoms with Gasteiger partial charge in [0, 0.05) is 38.9 Å². The van der Waals surface area contributed by atoms with Crippen molar-refractivity contribution >= 4 is 29.5 Å². The fourth-order valence-corrected chi connectivity index (χ4v) is 3.19. The number of primary amides is 2. The number of halogens is 1. The maximum Gasteiger partial charge on any atom is 0.415 e. The van der Waals surface area contributed by atoms with Crippen molar-refractivity contribution < 1.29 is 19.1 Å². The molecule has 0 radical (unpaired) electrons. The van der Waals surface area contributed by atoms with Gasteiger partial charge in [0.2, 0.25) is 11.8 Å². The van der Waals surface area contributed by atoms with Crippen molar-refractivity contribution in [3.8, 4) is 5.75 Å². The van der Waals surface area contributed by atoms with Crippen LogP contribution in [0.25, 0.3) is 0 Å². The molecule has 0 unspecified atom stereocenters. The fraction of sp³-hybridized carbons (Fsp3) is 0.263. The molecule has 1 aromatic carbocycles. The second kappa shape index (κ2) is 8.89. The minimum atomic E-state index is -0.647. The van der Waals surface area contributed by atoms with E-state index in [2.05, 4.69) is 9.88 Å². The fourth-order valence-electron chi connectivity index (χ4n) is 2.98. The molecule has 3 rings (SSSR count). The summed E-state index contributed by atoms with van der Waals surface area (Å²) in [4.78, 5) is 42.5. The Morgan fingerprint density at radius 1 is 1.03 bits per heavy atom. The first-order chi connectivity index (χ1) is 13.8. The average Bonchev–Trinajstić information content (AvgIpc) is 2.70. The third kappa shape index (κ3) is 5.21. The van der Waals surface area contributed by atoms with Crippen molar-refractivity contribution in [2.75, 3.05) is 26.2 Å². The molecular weight excluding hydrogens is 398 g/mol. The first kappa shape index (κ1) is 20.6. The minimum Gasteiger partial charge on any atom is -0.409 e. The van der Waals surface area contributed by atoms with Gasteiger partial charge >= 0.3 is 6.09 Å². The average molecular weight is 418 g/mol. The number of hydrogen-bond acceptors (Lipinski definition) is 6. The van der Waals surface area contributed by atoms with Gasteiger partial charge in [-0.2, -0.15) is 0 Å². The van der Waals surface area contributed by atoms with E-state index in [0.717, 1.165) is 5.56 Å². The number of ether oxygens (including phenoxy) is 1. The Hall–Kier alpha value is -3.17. The summed E-state index contributed by atoms with van der Waals surface area (Å²) in [5.41, 5.74) is 11.9. The lowest BCUT2D eigenvalue weighted by atomic mass is 10.1. The largest absolute Gasteiger partial charge is 0.415 e.